The number of carbonyl (C=O) groups is 1. The van der Waals surface area contributed by atoms with E-state index in [9.17, 15) is 4.79 Å². The van der Waals surface area contributed by atoms with Crippen molar-refractivity contribution in [2.45, 2.75) is 45.8 Å². The molecule has 0 heterocycles. The van der Waals surface area contributed by atoms with Crippen molar-refractivity contribution in [1.82, 2.24) is 5.32 Å². The van der Waals surface area contributed by atoms with Gasteiger partial charge in [0.15, 0.2) is 0 Å². The molecule has 0 aliphatic carbocycles. The standard InChI is InChI=1S/C20H25NO2/c1-15(2)23-19-13-11-18(12-14-19)20(22)21-16(3)9-10-17-7-5-4-6-8-17/h4-8,11-16H,9-10H2,1-3H3,(H,21,22)/t16-/m1/s1. The third-order valence-corrected chi connectivity index (χ3v) is 3.57. The number of carbonyl (C=O) groups excluding carboxylic acids is 1. The van der Waals surface area contributed by atoms with Crippen LogP contribution in [0.2, 0.25) is 0 Å². The molecule has 0 radical (unpaired) electrons. The van der Waals surface area contributed by atoms with Crippen molar-refractivity contribution in [2.24, 2.45) is 0 Å². The molecule has 23 heavy (non-hydrogen) atoms. The summed E-state index contributed by atoms with van der Waals surface area (Å²) in [5.74, 6) is 0.746. The largest absolute Gasteiger partial charge is 0.491 e. The molecular weight excluding hydrogens is 286 g/mol. The molecule has 0 aliphatic rings. The molecule has 1 amide bonds. The summed E-state index contributed by atoms with van der Waals surface area (Å²) in [4.78, 5) is 12.2. The van der Waals surface area contributed by atoms with Crippen LogP contribution in [-0.2, 0) is 6.42 Å². The fourth-order valence-electron chi connectivity index (χ4n) is 2.36. The lowest BCUT2D eigenvalue weighted by Gasteiger charge is -2.14. The molecule has 2 rings (SSSR count). The number of aryl methyl sites for hydroxylation is 1. The first-order chi connectivity index (χ1) is 11.0. The van der Waals surface area contributed by atoms with Gasteiger partial charge in [0.25, 0.3) is 5.91 Å². The average Bonchev–Trinajstić information content (AvgIpc) is 2.54. The van der Waals surface area contributed by atoms with Crippen molar-refractivity contribution < 1.29 is 9.53 Å². The molecule has 2 aromatic rings. The van der Waals surface area contributed by atoms with E-state index in [4.69, 9.17) is 4.74 Å². The minimum absolute atomic E-state index is 0.0401. The van der Waals surface area contributed by atoms with Crippen LogP contribution in [0.5, 0.6) is 5.75 Å². The molecule has 122 valence electrons. The maximum atomic E-state index is 12.2. The summed E-state index contributed by atoms with van der Waals surface area (Å²) in [7, 11) is 0. The van der Waals surface area contributed by atoms with Crippen LogP contribution >= 0.6 is 0 Å². The topological polar surface area (TPSA) is 38.3 Å². The third kappa shape index (κ3) is 5.78. The van der Waals surface area contributed by atoms with Gasteiger partial charge in [0.1, 0.15) is 5.75 Å². The Bertz CT molecular complexity index is 605. The van der Waals surface area contributed by atoms with Crippen LogP contribution in [0.1, 0.15) is 43.1 Å². The van der Waals surface area contributed by atoms with Crippen LogP contribution in [0.3, 0.4) is 0 Å². The molecule has 1 N–H and O–H groups in total. The van der Waals surface area contributed by atoms with Gasteiger partial charge in [-0.25, -0.2) is 0 Å². The van der Waals surface area contributed by atoms with Gasteiger partial charge in [-0.05, 0) is 63.4 Å². The zero-order chi connectivity index (χ0) is 16.7. The first-order valence-electron chi connectivity index (χ1n) is 8.16. The Morgan fingerprint density at radius 1 is 1.00 bits per heavy atom. The van der Waals surface area contributed by atoms with Crippen molar-refractivity contribution in [3.63, 3.8) is 0 Å². The first-order valence-corrected chi connectivity index (χ1v) is 8.16. The molecule has 0 aromatic heterocycles. The Hall–Kier alpha value is -2.29. The summed E-state index contributed by atoms with van der Waals surface area (Å²) in [6.07, 6.45) is 2.01. The number of hydrogen-bond acceptors (Lipinski definition) is 2. The molecule has 0 bridgehead atoms. The van der Waals surface area contributed by atoms with E-state index in [0.29, 0.717) is 5.56 Å². The minimum atomic E-state index is -0.0401. The van der Waals surface area contributed by atoms with E-state index in [1.54, 1.807) is 12.1 Å². The number of rotatable bonds is 7. The highest BCUT2D eigenvalue weighted by Gasteiger charge is 2.10. The average molecular weight is 311 g/mol. The van der Waals surface area contributed by atoms with Crippen LogP contribution in [0.15, 0.2) is 54.6 Å². The number of amides is 1. The van der Waals surface area contributed by atoms with Crippen LogP contribution in [-0.4, -0.2) is 18.1 Å². The predicted molar refractivity (Wildman–Crippen MR) is 93.9 cm³/mol. The van der Waals surface area contributed by atoms with Crippen molar-refractivity contribution >= 4 is 5.91 Å². The molecular formula is C20H25NO2. The molecule has 0 unspecified atom stereocenters. The van der Waals surface area contributed by atoms with Crippen molar-refractivity contribution in [1.29, 1.82) is 0 Å². The van der Waals surface area contributed by atoms with Crippen molar-refractivity contribution in [3.05, 3.63) is 65.7 Å². The van der Waals surface area contributed by atoms with E-state index in [2.05, 4.69) is 17.4 Å². The monoisotopic (exact) mass is 311 g/mol. The Labute approximate surface area is 138 Å². The number of ether oxygens (including phenoxy) is 1. The van der Waals surface area contributed by atoms with Gasteiger partial charge in [-0.3, -0.25) is 4.79 Å². The van der Waals surface area contributed by atoms with Gasteiger partial charge < -0.3 is 10.1 Å². The molecule has 0 saturated heterocycles. The molecule has 3 nitrogen and oxygen atoms in total. The van der Waals surface area contributed by atoms with Crippen LogP contribution in [0, 0.1) is 0 Å². The van der Waals surface area contributed by atoms with Crippen LogP contribution in [0.25, 0.3) is 0 Å². The number of nitrogens with one attached hydrogen (secondary N) is 1. The van der Waals surface area contributed by atoms with Crippen LogP contribution < -0.4 is 10.1 Å². The Balaban J connectivity index is 1.83. The molecule has 1 atom stereocenters. The summed E-state index contributed by atoms with van der Waals surface area (Å²) in [5, 5.41) is 3.05. The Morgan fingerprint density at radius 3 is 2.26 bits per heavy atom. The molecule has 2 aromatic carbocycles. The van der Waals surface area contributed by atoms with E-state index in [1.165, 1.54) is 5.56 Å². The normalized spacial score (nSPS) is 12.0. The molecule has 0 spiro atoms. The Morgan fingerprint density at radius 2 is 1.65 bits per heavy atom. The SMILES string of the molecule is CC(C)Oc1ccc(C(=O)N[C@H](C)CCc2ccccc2)cc1. The van der Waals surface area contributed by atoms with Gasteiger partial charge >= 0.3 is 0 Å². The van der Waals surface area contributed by atoms with E-state index >= 15 is 0 Å². The van der Waals surface area contributed by atoms with Gasteiger partial charge in [-0.1, -0.05) is 30.3 Å². The summed E-state index contributed by atoms with van der Waals surface area (Å²) in [5.41, 5.74) is 1.96. The maximum absolute atomic E-state index is 12.2. The molecule has 0 aliphatic heterocycles. The van der Waals surface area contributed by atoms with E-state index in [-0.39, 0.29) is 18.1 Å². The maximum Gasteiger partial charge on any atom is 0.251 e. The van der Waals surface area contributed by atoms with Crippen LogP contribution in [0.4, 0.5) is 0 Å². The van der Waals surface area contributed by atoms with Crippen molar-refractivity contribution in [2.75, 3.05) is 0 Å². The predicted octanol–water partition coefficient (Wildman–Crippen LogP) is 4.22. The summed E-state index contributed by atoms with van der Waals surface area (Å²) in [6, 6.07) is 17.7. The van der Waals surface area contributed by atoms with E-state index in [0.717, 1.165) is 18.6 Å². The lowest BCUT2D eigenvalue weighted by atomic mass is 10.1. The molecule has 3 heteroatoms. The summed E-state index contributed by atoms with van der Waals surface area (Å²) >= 11 is 0. The molecule has 0 fully saturated rings. The fourth-order valence-corrected chi connectivity index (χ4v) is 2.36. The number of benzene rings is 2. The van der Waals surface area contributed by atoms with Crippen molar-refractivity contribution in [3.8, 4) is 5.75 Å². The smallest absolute Gasteiger partial charge is 0.251 e. The second-order valence-corrected chi connectivity index (χ2v) is 6.09. The Kier molecular flexibility index (Phi) is 6.21. The fraction of sp³-hybridized carbons (Fsp3) is 0.350. The first kappa shape index (κ1) is 17.1. The van der Waals surface area contributed by atoms with Gasteiger partial charge in [0.05, 0.1) is 6.10 Å². The van der Waals surface area contributed by atoms with Gasteiger partial charge in [0, 0.05) is 11.6 Å². The summed E-state index contributed by atoms with van der Waals surface area (Å²) in [6.45, 7) is 6.00. The quantitative estimate of drug-likeness (QED) is 0.831. The van der Waals surface area contributed by atoms with Gasteiger partial charge in [-0.2, -0.15) is 0 Å². The lowest BCUT2D eigenvalue weighted by molar-refractivity contribution is 0.0938. The zero-order valence-corrected chi connectivity index (χ0v) is 14.1. The molecule has 0 saturated carbocycles. The second-order valence-electron chi connectivity index (χ2n) is 6.09. The van der Waals surface area contributed by atoms with Gasteiger partial charge in [0.2, 0.25) is 0 Å². The highest BCUT2D eigenvalue weighted by atomic mass is 16.5. The minimum Gasteiger partial charge on any atom is -0.491 e. The van der Waals surface area contributed by atoms with E-state index in [1.807, 2.05) is 51.1 Å². The second kappa shape index (κ2) is 8.37. The highest BCUT2D eigenvalue weighted by Crippen LogP contribution is 2.14. The third-order valence-electron chi connectivity index (χ3n) is 3.57. The highest BCUT2D eigenvalue weighted by molar-refractivity contribution is 5.94. The van der Waals surface area contributed by atoms with E-state index < -0.39 is 0 Å². The number of hydrogen-bond donors (Lipinski definition) is 1. The lowest BCUT2D eigenvalue weighted by Crippen LogP contribution is -2.32. The zero-order valence-electron chi connectivity index (χ0n) is 14.1. The van der Waals surface area contributed by atoms with Gasteiger partial charge in [-0.15, -0.1) is 0 Å². The summed E-state index contributed by atoms with van der Waals surface area (Å²) < 4.78 is 5.59.